The largest absolute Gasteiger partial charge is 0.497 e. The van der Waals surface area contributed by atoms with Gasteiger partial charge in [0.15, 0.2) is 0 Å². The van der Waals surface area contributed by atoms with E-state index in [1.807, 2.05) is 6.07 Å². The second kappa shape index (κ2) is 6.44. The van der Waals surface area contributed by atoms with Crippen LogP contribution >= 0.6 is 0 Å². The molecule has 0 radical (unpaired) electrons. The number of ether oxygens (including phenoxy) is 2. The van der Waals surface area contributed by atoms with Gasteiger partial charge in [-0.1, -0.05) is 0 Å². The maximum absolute atomic E-state index is 12.4. The molecule has 1 aromatic rings. The van der Waals surface area contributed by atoms with Gasteiger partial charge in [0, 0.05) is 36.3 Å². The number of methoxy groups -OCH3 is 2. The van der Waals surface area contributed by atoms with Gasteiger partial charge < -0.3 is 30.3 Å². The molecule has 0 aromatic heterocycles. The van der Waals surface area contributed by atoms with E-state index in [1.54, 1.807) is 20.3 Å². The topological polar surface area (TPSA) is 117 Å². The van der Waals surface area contributed by atoms with E-state index in [1.165, 1.54) is 0 Å². The lowest BCUT2D eigenvalue weighted by Gasteiger charge is -2.41. The summed E-state index contributed by atoms with van der Waals surface area (Å²) in [5.41, 5.74) is 0.548. The molecule has 1 aromatic carbocycles. The number of carbonyl (C=O) groups is 2. The van der Waals surface area contributed by atoms with Crippen molar-refractivity contribution < 1.29 is 29.3 Å². The van der Waals surface area contributed by atoms with Crippen molar-refractivity contribution in [1.29, 1.82) is 0 Å². The van der Waals surface area contributed by atoms with Crippen molar-refractivity contribution >= 4 is 17.6 Å². The molecule has 8 nitrogen and oxygen atoms in total. The predicted octanol–water partition coefficient (Wildman–Crippen LogP) is 0.382. The number of nitrogens with one attached hydrogen (secondary N) is 2. The zero-order valence-electron chi connectivity index (χ0n) is 14.2. The first-order valence-electron chi connectivity index (χ1n) is 8.09. The average molecular weight is 350 g/mol. The van der Waals surface area contributed by atoms with Crippen molar-refractivity contribution in [1.82, 2.24) is 5.32 Å². The Hall–Kier alpha value is -2.48. The summed E-state index contributed by atoms with van der Waals surface area (Å²) in [6.07, 6.45) is 0.780. The second-order valence-corrected chi connectivity index (χ2v) is 6.64. The molecule has 1 saturated carbocycles. The molecule has 1 unspecified atom stereocenters. The van der Waals surface area contributed by atoms with Gasteiger partial charge in [0.2, 0.25) is 5.91 Å². The lowest BCUT2D eigenvalue weighted by molar-refractivity contribution is -0.158. The van der Waals surface area contributed by atoms with E-state index in [0.717, 1.165) is 11.3 Å². The van der Waals surface area contributed by atoms with Crippen LogP contribution in [-0.4, -0.2) is 54.5 Å². The summed E-state index contributed by atoms with van der Waals surface area (Å²) >= 11 is 0. The van der Waals surface area contributed by atoms with Crippen LogP contribution in [-0.2, 0) is 16.0 Å². The Morgan fingerprint density at radius 2 is 2.04 bits per heavy atom. The first-order valence-corrected chi connectivity index (χ1v) is 8.09. The highest BCUT2D eigenvalue weighted by atomic mass is 16.5. The van der Waals surface area contributed by atoms with Crippen LogP contribution in [0.5, 0.6) is 11.5 Å². The summed E-state index contributed by atoms with van der Waals surface area (Å²) in [7, 11) is 3.12. The number of carboxylic acid groups (broad SMARTS) is 1. The molecule has 0 saturated heterocycles. The van der Waals surface area contributed by atoms with E-state index >= 15 is 0 Å². The standard InChI is InChI=1S/C17H22N2O6/c1-24-10-3-12-11(14(4-10)25-2)5-13(19-12)15(20)18-8-17(23)6-9(7-17)16(21)22/h3-4,9,13,19,23H,5-8H2,1-2H3,(H,18,20)(H,21,22). The van der Waals surface area contributed by atoms with Crippen LogP contribution in [0.2, 0.25) is 0 Å². The monoisotopic (exact) mass is 350 g/mol. The Balaban J connectivity index is 1.59. The molecule has 1 fully saturated rings. The van der Waals surface area contributed by atoms with Crippen molar-refractivity contribution in [2.45, 2.75) is 30.9 Å². The van der Waals surface area contributed by atoms with E-state index < -0.39 is 23.5 Å². The average Bonchev–Trinajstić information content (AvgIpc) is 3.00. The van der Waals surface area contributed by atoms with Crippen molar-refractivity contribution in [3.63, 3.8) is 0 Å². The van der Waals surface area contributed by atoms with E-state index in [0.29, 0.717) is 17.9 Å². The zero-order valence-corrected chi connectivity index (χ0v) is 14.2. The molecule has 1 heterocycles. The third-order valence-electron chi connectivity index (χ3n) is 4.89. The lowest BCUT2D eigenvalue weighted by atomic mass is 9.71. The molecule has 1 atom stereocenters. The minimum absolute atomic E-state index is 0.0462. The number of anilines is 1. The van der Waals surface area contributed by atoms with Gasteiger partial charge in [-0.3, -0.25) is 9.59 Å². The van der Waals surface area contributed by atoms with Crippen LogP contribution in [0.15, 0.2) is 12.1 Å². The molecule has 4 N–H and O–H groups in total. The minimum Gasteiger partial charge on any atom is -0.497 e. The molecule has 0 spiro atoms. The molecular formula is C17H22N2O6. The molecule has 25 heavy (non-hydrogen) atoms. The first kappa shape index (κ1) is 17.3. The summed E-state index contributed by atoms with van der Waals surface area (Å²) in [6.45, 7) is 0.0462. The Bertz CT molecular complexity index is 699. The Kier molecular flexibility index (Phi) is 4.47. The van der Waals surface area contributed by atoms with Gasteiger partial charge in [-0.25, -0.2) is 0 Å². The third kappa shape index (κ3) is 3.34. The first-order chi connectivity index (χ1) is 11.8. The van der Waals surface area contributed by atoms with E-state index in [2.05, 4.69) is 10.6 Å². The van der Waals surface area contributed by atoms with Gasteiger partial charge in [0.05, 0.1) is 25.7 Å². The normalized spacial score (nSPS) is 26.8. The van der Waals surface area contributed by atoms with Crippen LogP contribution in [0.25, 0.3) is 0 Å². The number of aliphatic hydroxyl groups is 1. The molecule has 1 aliphatic carbocycles. The van der Waals surface area contributed by atoms with Gasteiger partial charge in [-0.15, -0.1) is 0 Å². The zero-order chi connectivity index (χ0) is 18.2. The predicted molar refractivity (Wildman–Crippen MR) is 89.0 cm³/mol. The number of benzene rings is 1. The lowest BCUT2D eigenvalue weighted by Crippen LogP contribution is -2.55. The molecule has 3 rings (SSSR count). The van der Waals surface area contributed by atoms with Crippen LogP contribution in [0.3, 0.4) is 0 Å². The highest BCUT2D eigenvalue weighted by Crippen LogP contribution is 2.39. The number of rotatable bonds is 6. The minimum atomic E-state index is -1.13. The molecule has 1 aliphatic heterocycles. The second-order valence-electron chi connectivity index (χ2n) is 6.64. The fraction of sp³-hybridized carbons (Fsp3) is 0.529. The maximum atomic E-state index is 12.4. The fourth-order valence-electron chi connectivity index (χ4n) is 3.41. The van der Waals surface area contributed by atoms with Crippen molar-refractivity contribution in [2.75, 3.05) is 26.1 Å². The van der Waals surface area contributed by atoms with Gasteiger partial charge in [0.1, 0.15) is 17.5 Å². The van der Waals surface area contributed by atoms with Crippen LogP contribution in [0, 0.1) is 5.92 Å². The number of carboxylic acids is 1. The smallest absolute Gasteiger partial charge is 0.306 e. The van der Waals surface area contributed by atoms with E-state index in [9.17, 15) is 14.7 Å². The molecule has 136 valence electrons. The summed E-state index contributed by atoms with van der Waals surface area (Å²) in [4.78, 5) is 23.2. The number of aliphatic carboxylic acids is 1. The number of carbonyl (C=O) groups excluding carboxylic acids is 1. The number of amides is 1. The SMILES string of the molecule is COc1cc2c(c(OC)c1)CC(C(=O)NCC1(O)CC(C(=O)O)C1)N2. The van der Waals surface area contributed by atoms with Crippen LogP contribution in [0.1, 0.15) is 18.4 Å². The Labute approximate surface area is 145 Å². The van der Waals surface area contributed by atoms with Crippen molar-refractivity contribution in [2.24, 2.45) is 5.92 Å². The molecule has 8 heteroatoms. The van der Waals surface area contributed by atoms with Crippen LogP contribution in [0.4, 0.5) is 5.69 Å². The summed E-state index contributed by atoms with van der Waals surface area (Å²) in [5, 5.41) is 24.9. The van der Waals surface area contributed by atoms with E-state index in [4.69, 9.17) is 14.6 Å². The number of hydrogen-bond donors (Lipinski definition) is 4. The third-order valence-corrected chi connectivity index (χ3v) is 4.89. The maximum Gasteiger partial charge on any atom is 0.306 e. The highest BCUT2D eigenvalue weighted by Gasteiger charge is 2.46. The molecular weight excluding hydrogens is 328 g/mol. The number of fused-ring (bicyclic) bond motifs is 1. The van der Waals surface area contributed by atoms with Crippen molar-refractivity contribution in [3.05, 3.63) is 17.7 Å². The number of hydrogen-bond acceptors (Lipinski definition) is 6. The highest BCUT2D eigenvalue weighted by molar-refractivity contribution is 5.88. The summed E-state index contributed by atoms with van der Waals surface area (Å²) in [6, 6.07) is 3.10. The van der Waals surface area contributed by atoms with Crippen LogP contribution < -0.4 is 20.1 Å². The fourth-order valence-corrected chi connectivity index (χ4v) is 3.41. The van der Waals surface area contributed by atoms with Crippen molar-refractivity contribution in [3.8, 4) is 11.5 Å². The van der Waals surface area contributed by atoms with Gasteiger partial charge in [0.25, 0.3) is 0 Å². The Morgan fingerprint density at radius 1 is 1.32 bits per heavy atom. The molecule has 2 aliphatic rings. The molecule has 1 amide bonds. The van der Waals surface area contributed by atoms with Gasteiger partial charge >= 0.3 is 5.97 Å². The van der Waals surface area contributed by atoms with Gasteiger partial charge in [-0.05, 0) is 12.8 Å². The van der Waals surface area contributed by atoms with Gasteiger partial charge in [-0.2, -0.15) is 0 Å². The Morgan fingerprint density at radius 3 is 2.64 bits per heavy atom. The van der Waals surface area contributed by atoms with E-state index in [-0.39, 0.29) is 25.3 Å². The quantitative estimate of drug-likeness (QED) is 0.586. The molecule has 0 bridgehead atoms. The summed E-state index contributed by atoms with van der Waals surface area (Å²) in [5.74, 6) is -0.409. The summed E-state index contributed by atoms with van der Waals surface area (Å²) < 4.78 is 10.6.